The molecule has 0 aromatic carbocycles. The summed E-state index contributed by atoms with van der Waals surface area (Å²) in [6.45, 7) is -0.487. The van der Waals surface area contributed by atoms with Crippen LogP contribution in [-0.4, -0.2) is 122 Å². The van der Waals surface area contributed by atoms with Gasteiger partial charge in [-0.2, -0.15) is 0 Å². The lowest BCUT2D eigenvalue weighted by atomic mass is 9.98. The lowest BCUT2D eigenvalue weighted by Crippen LogP contribution is -2.63. The van der Waals surface area contributed by atoms with Gasteiger partial charge in [0.05, 0.1) is 13.2 Å². The zero-order valence-corrected chi connectivity index (χ0v) is 17.6. The van der Waals surface area contributed by atoms with Gasteiger partial charge >= 0.3 is 0 Å². The van der Waals surface area contributed by atoms with Crippen molar-refractivity contribution >= 4 is 11.8 Å². The maximum atomic E-state index is 10.5. The summed E-state index contributed by atoms with van der Waals surface area (Å²) in [4.78, 5) is 0. The molecular formula is C18H35NO10S. The summed E-state index contributed by atoms with van der Waals surface area (Å²) in [5.74, 6) is 0.657. The van der Waals surface area contributed by atoms with E-state index in [9.17, 15) is 35.7 Å². The monoisotopic (exact) mass is 457 g/mol. The first-order chi connectivity index (χ1) is 14.3. The molecule has 178 valence electrons. The van der Waals surface area contributed by atoms with Crippen LogP contribution in [0.2, 0.25) is 0 Å². The zero-order valence-electron chi connectivity index (χ0n) is 16.8. The van der Waals surface area contributed by atoms with Gasteiger partial charge < -0.3 is 55.7 Å². The average molecular weight is 458 g/mol. The Balaban J connectivity index is 2.04. The van der Waals surface area contributed by atoms with Crippen molar-refractivity contribution in [3.05, 3.63) is 0 Å². The van der Waals surface area contributed by atoms with Crippen LogP contribution in [0.3, 0.4) is 0 Å². The van der Waals surface area contributed by atoms with Crippen molar-refractivity contribution in [2.75, 3.05) is 25.5 Å². The molecular weight excluding hydrogens is 422 g/mol. The van der Waals surface area contributed by atoms with Crippen molar-refractivity contribution in [1.82, 2.24) is 0 Å². The number of nitrogens with two attached hydrogens (primary N) is 1. The Morgan fingerprint density at radius 2 is 1.33 bits per heavy atom. The SMILES string of the molecule is NCCCCCCS[C@H]1O[C@H](CO)[C@@H](O)[C@H](O)[C@@H]1O[C@H]1O[C@H](CO)[C@@H](O)[C@H](O)[C@@H]1O. The van der Waals surface area contributed by atoms with E-state index in [1.807, 2.05) is 0 Å². The molecule has 2 aliphatic heterocycles. The highest BCUT2D eigenvalue weighted by atomic mass is 32.2. The van der Waals surface area contributed by atoms with Crippen molar-refractivity contribution < 1.29 is 50.0 Å². The van der Waals surface area contributed by atoms with Crippen LogP contribution >= 0.6 is 11.8 Å². The Morgan fingerprint density at radius 3 is 1.97 bits per heavy atom. The quantitative estimate of drug-likeness (QED) is 0.145. The van der Waals surface area contributed by atoms with E-state index in [1.165, 1.54) is 11.8 Å². The second-order valence-electron chi connectivity index (χ2n) is 7.58. The van der Waals surface area contributed by atoms with Crippen LogP contribution in [-0.2, 0) is 14.2 Å². The minimum Gasteiger partial charge on any atom is -0.394 e. The predicted molar refractivity (Wildman–Crippen MR) is 106 cm³/mol. The van der Waals surface area contributed by atoms with Crippen LogP contribution in [0.25, 0.3) is 0 Å². The molecule has 12 heteroatoms. The molecule has 9 N–H and O–H groups in total. The van der Waals surface area contributed by atoms with Gasteiger partial charge in [0, 0.05) is 0 Å². The molecule has 0 spiro atoms. The summed E-state index contributed by atoms with van der Waals surface area (Å²) in [7, 11) is 0. The molecule has 10 atom stereocenters. The van der Waals surface area contributed by atoms with Crippen molar-refractivity contribution in [3.8, 4) is 0 Å². The minimum atomic E-state index is -1.65. The summed E-state index contributed by atoms with van der Waals surface area (Å²) in [6.07, 6.45) is -8.78. The zero-order chi connectivity index (χ0) is 22.3. The molecule has 2 rings (SSSR count). The first-order valence-corrected chi connectivity index (χ1v) is 11.3. The molecule has 0 saturated carbocycles. The van der Waals surface area contributed by atoms with Gasteiger partial charge in [0.2, 0.25) is 0 Å². The number of aliphatic hydroxyl groups is 7. The molecule has 0 aromatic rings. The first kappa shape index (κ1) is 26.2. The molecule has 30 heavy (non-hydrogen) atoms. The lowest BCUT2D eigenvalue weighted by Gasteiger charge is -2.46. The van der Waals surface area contributed by atoms with Gasteiger partial charge in [-0.05, 0) is 25.1 Å². The number of hydrogen-bond donors (Lipinski definition) is 8. The molecule has 11 nitrogen and oxygen atoms in total. The third kappa shape index (κ3) is 6.47. The van der Waals surface area contributed by atoms with Crippen LogP contribution in [0.5, 0.6) is 0 Å². The number of aliphatic hydroxyl groups excluding tert-OH is 7. The number of rotatable bonds is 11. The first-order valence-electron chi connectivity index (χ1n) is 10.3. The van der Waals surface area contributed by atoms with Gasteiger partial charge in [0.1, 0.15) is 54.3 Å². The number of thioether (sulfide) groups is 1. The van der Waals surface area contributed by atoms with Gasteiger partial charge in [0.25, 0.3) is 0 Å². The minimum absolute atomic E-state index is 0.501. The normalized spacial score (nSPS) is 42.4. The molecule has 0 unspecified atom stereocenters. The fourth-order valence-electron chi connectivity index (χ4n) is 3.47. The van der Waals surface area contributed by atoms with E-state index >= 15 is 0 Å². The van der Waals surface area contributed by atoms with Crippen LogP contribution in [0, 0.1) is 0 Å². The van der Waals surface area contributed by atoms with Crippen LogP contribution in [0.4, 0.5) is 0 Å². The molecule has 2 heterocycles. The van der Waals surface area contributed by atoms with E-state index in [-0.39, 0.29) is 0 Å². The fraction of sp³-hybridized carbons (Fsp3) is 1.00. The number of ether oxygens (including phenoxy) is 3. The second kappa shape index (κ2) is 12.8. The Bertz CT molecular complexity index is 490. The van der Waals surface area contributed by atoms with E-state index in [1.54, 1.807) is 0 Å². The maximum Gasteiger partial charge on any atom is 0.187 e. The van der Waals surface area contributed by atoms with E-state index in [0.29, 0.717) is 12.3 Å². The third-order valence-electron chi connectivity index (χ3n) is 5.34. The highest BCUT2D eigenvalue weighted by Gasteiger charge is 2.50. The largest absolute Gasteiger partial charge is 0.394 e. The topological polar surface area (TPSA) is 195 Å². The number of unbranched alkanes of at least 4 members (excludes halogenated alkanes) is 3. The molecule has 0 radical (unpaired) electrons. The van der Waals surface area contributed by atoms with E-state index < -0.39 is 73.8 Å². The highest BCUT2D eigenvalue weighted by molar-refractivity contribution is 7.99. The molecule has 0 aromatic heterocycles. The maximum absolute atomic E-state index is 10.5. The second-order valence-corrected chi connectivity index (χ2v) is 8.78. The summed E-state index contributed by atoms with van der Waals surface area (Å²) in [5.41, 5.74) is 4.69. The molecule has 2 saturated heterocycles. The van der Waals surface area contributed by atoms with Crippen LogP contribution in [0.1, 0.15) is 25.7 Å². The lowest BCUT2D eigenvalue weighted by molar-refractivity contribution is -0.334. The molecule has 2 aliphatic rings. The summed E-state index contributed by atoms with van der Waals surface area (Å²) >= 11 is 1.33. The van der Waals surface area contributed by atoms with Crippen LogP contribution < -0.4 is 5.73 Å². The van der Waals surface area contributed by atoms with Crippen molar-refractivity contribution in [3.63, 3.8) is 0 Å². The van der Waals surface area contributed by atoms with E-state index in [2.05, 4.69) is 0 Å². The highest BCUT2D eigenvalue weighted by Crippen LogP contribution is 2.34. The van der Waals surface area contributed by atoms with Gasteiger partial charge in [-0.1, -0.05) is 12.8 Å². The average Bonchev–Trinajstić information content (AvgIpc) is 2.75. The van der Waals surface area contributed by atoms with Gasteiger partial charge in [-0.25, -0.2) is 0 Å². The van der Waals surface area contributed by atoms with Crippen molar-refractivity contribution in [2.24, 2.45) is 5.73 Å². The summed E-state index contributed by atoms with van der Waals surface area (Å²) < 4.78 is 16.7. The van der Waals surface area contributed by atoms with E-state index in [4.69, 9.17) is 19.9 Å². The van der Waals surface area contributed by atoms with Gasteiger partial charge in [0.15, 0.2) is 6.29 Å². The summed E-state index contributed by atoms with van der Waals surface area (Å²) in [5, 5.41) is 69.6. The molecule has 0 bridgehead atoms. The van der Waals surface area contributed by atoms with E-state index in [0.717, 1.165) is 25.7 Å². The Kier molecular flexibility index (Phi) is 11.2. The van der Waals surface area contributed by atoms with Crippen molar-refractivity contribution in [1.29, 1.82) is 0 Å². The van der Waals surface area contributed by atoms with Crippen LogP contribution in [0.15, 0.2) is 0 Å². The fourth-order valence-corrected chi connectivity index (χ4v) is 4.71. The number of hydrogen-bond acceptors (Lipinski definition) is 12. The van der Waals surface area contributed by atoms with Gasteiger partial charge in [-0.3, -0.25) is 0 Å². The Labute approximate surface area is 179 Å². The molecule has 2 fully saturated rings. The summed E-state index contributed by atoms with van der Waals surface area (Å²) in [6, 6.07) is 0. The molecule has 0 aliphatic carbocycles. The Morgan fingerprint density at radius 1 is 0.733 bits per heavy atom. The standard InChI is InChI=1S/C18H35NO10S/c19-5-3-1-2-4-6-30-18-16(14(25)12(23)10(8-21)28-18)29-17-15(26)13(24)11(22)9(7-20)27-17/h9-18,20-26H,1-8,19H2/t9-,10-,11-,12-,13+,14+,15+,16+,17-,18-/m1/s1. The molecule has 0 amide bonds. The smallest absolute Gasteiger partial charge is 0.187 e. The third-order valence-corrected chi connectivity index (χ3v) is 6.58. The van der Waals surface area contributed by atoms with Crippen molar-refractivity contribution in [2.45, 2.75) is 86.2 Å². The Hall–Kier alpha value is -0.0900. The predicted octanol–water partition coefficient (Wildman–Crippen LogP) is -3.14. The van der Waals surface area contributed by atoms with Gasteiger partial charge in [-0.15, -0.1) is 11.8 Å².